The van der Waals surface area contributed by atoms with Crippen LogP contribution in [0.3, 0.4) is 0 Å². The van der Waals surface area contributed by atoms with E-state index in [2.05, 4.69) is 25.2 Å². The predicted molar refractivity (Wildman–Crippen MR) is 125 cm³/mol. The SMILES string of the molecule is COC(=O)NCC(=O)N1CCC2(CC1)C[C@H](CCN1CCN(c3ccc(F)cc3)CC1)NC2=O. The predicted octanol–water partition coefficient (Wildman–Crippen LogP) is 1.19. The fraction of sp³-hybridized carbons (Fsp3) is 0.625. The summed E-state index contributed by atoms with van der Waals surface area (Å²) in [7, 11) is 1.26. The van der Waals surface area contributed by atoms with E-state index >= 15 is 0 Å². The minimum atomic E-state index is -0.628. The number of piperidine rings is 1. The van der Waals surface area contributed by atoms with Gasteiger partial charge in [0.25, 0.3) is 0 Å². The maximum Gasteiger partial charge on any atom is 0.407 e. The molecule has 3 aliphatic heterocycles. The molecule has 0 bridgehead atoms. The quantitative estimate of drug-likeness (QED) is 0.642. The Morgan fingerprint density at radius 1 is 1.12 bits per heavy atom. The lowest BCUT2D eigenvalue weighted by Crippen LogP contribution is -2.48. The molecule has 1 spiro atoms. The number of piperazine rings is 1. The van der Waals surface area contributed by atoms with Gasteiger partial charge in [0, 0.05) is 57.5 Å². The number of carbonyl (C=O) groups excluding carboxylic acids is 3. The number of methoxy groups -OCH3 is 1. The van der Waals surface area contributed by atoms with Gasteiger partial charge in [-0.05, 0) is 49.9 Å². The van der Waals surface area contributed by atoms with Gasteiger partial charge >= 0.3 is 6.09 Å². The van der Waals surface area contributed by atoms with Crippen LogP contribution >= 0.6 is 0 Å². The van der Waals surface area contributed by atoms with Crippen molar-refractivity contribution in [2.45, 2.75) is 31.7 Å². The van der Waals surface area contributed by atoms with Crippen molar-refractivity contribution in [2.24, 2.45) is 5.41 Å². The van der Waals surface area contributed by atoms with Gasteiger partial charge in [0.15, 0.2) is 0 Å². The molecule has 0 radical (unpaired) electrons. The highest BCUT2D eigenvalue weighted by atomic mass is 19.1. The van der Waals surface area contributed by atoms with E-state index in [0.717, 1.165) is 51.3 Å². The first-order valence-electron chi connectivity index (χ1n) is 12.0. The molecule has 34 heavy (non-hydrogen) atoms. The molecule has 0 saturated carbocycles. The van der Waals surface area contributed by atoms with Crippen molar-refractivity contribution in [2.75, 3.05) is 64.4 Å². The molecule has 3 saturated heterocycles. The van der Waals surface area contributed by atoms with E-state index in [1.54, 1.807) is 4.90 Å². The summed E-state index contributed by atoms with van der Waals surface area (Å²) in [5.41, 5.74) is 0.662. The monoisotopic (exact) mass is 475 g/mol. The number of nitrogens with one attached hydrogen (secondary N) is 2. The summed E-state index contributed by atoms with van der Waals surface area (Å²) in [6.07, 6.45) is 2.39. The molecule has 186 valence electrons. The maximum absolute atomic E-state index is 13.2. The van der Waals surface area contributed by atoms with E-state index < -0.39 is 11.5 Å². The third kappa shape index (κ3) is 5.60. The lowest BCUT2D eigenvalue weighted by molar-refractivity contribution is -0.137. The zero-order valence-electron chi connectivity index (χ0n) is 19.7. The van der Waals surface area contributed by atoms with Crippen molar-refractivity contribution >= 4 is 23.6 Å². The molecule has 3 amide bonds. The fourth-order valence-corrected chi connectivity index (χ4v) is 5.30. The van der Waals surface area contributed by atoms with Gasteiger partial charge in [-0.3, -0.25) is 14.5 Å². The van der Waals surface area contributed by atoms with Crippen LogP contribution in [0.5, 0.6) is 0 Å². The van der Waals surface area contributed by atoms with E-state index in [-0.39, 0.29) is 30.2 Å². The molecule has 9 nitrogen and oxygen atoms in total. The van der Waals surface area contributed by atoms with Crippen molar-refractivity contribution in [1.82, 2.24) is 20.4 Å². The molecule has 1 aromatic rings. The zero-order chi connectivity index (χ0) is 24.1. The Balaban J connectivity index is 1.18. The minimum absolute atomic E-state index is 0.0943. The van der Waals surface area contributed by atoms with Gasteiger partial charge in [-0.1, -0.05) is 0 Å². The first-order valence-corrected chi connectivity index (χ1v) is 12.0. The summed E-state index contributed by atoms with van der Waals surface area (Å²) in [6, 6.07) is 6.81. The van der Waals surface area contributed by atoms with Crippen LogP contribution in [0.2, 0.25) is 0 Å². The lowest BCUT2D eigenvalue weighted by atomic mass is 9.75. The number of ether oxygens (including phenoxy) is 1. The molecule has 0 aliphatic carbocycles. The summed E-state index contributed by atoms with van der Waals surface area (Å²) in [5, 5.41) is 5.61. The van der Waals surface area contributed by atoms with E-state index in [0.29, 0.717) is 25.9 Å². The second kappa shape index (κ2) is 10.6. The summed E-state index contributed by atoms with van der Waals surface area (Å²) < 4.78 is 17.7. The molecular formula is C24H34FN5O4. The van der Waals surface area contributed by atoms with Crippen molar-refractivity contribution in [3.63, 3.8) is 0 Å². The molecule has 4 rings (SSSR count). The van der Waals surface area contributed by atoms with Crippen LogP contribution in [-0.2, 0) is 14.3 Å². The summed E-state index contributed by atoms with van der Waals surface area (Å²) in [5.74, 6) is -0.264. The van der Waals surface area contributed by atoms with E-state index in [1.165, 1.54) is 19.2 Å². The van der Waals surface area contributed by atoms with Gasteiger partial charge in [-0.15, -0.1) is 0 Å². The van der Waals surface area contributed by atoms with Crippen molar-refractivity contribution in [3.8, 4) is 0 Å². The Morgan fingerprint density at radius 3 is 2.44 bits per heavy atom. The van der Waals surface area contributed by atoms with Gasteiger partial charge in [-0.25, -0.2) is 9.18 Å². The van der Waals surface area contributed by atoms with Crippen molar-refractivity contribution < 1.29 is 23.5 Å². The number of halogens is 1. The van der Waals surface area contributed by atoms with E-state index in [9.17, 15) is 18.8 Å². The average Bonchev–Trinajstić information content (AvgIpc) is 3.16. The standard InChI is InChI=1S/C24H34FN5O4/c1-34-23(33)26-17-21(31)30-10-7-24(8-11-30)16-19(27-22(24)32)6-9-28-12-14-29(15-13-28)20-4-2-18(25)3-5-20/h2-5,19H,6-17H2,1H3,(H,26,33)(H,27,32)/t19-/m0/s1. The van der Waals surface area contributed by atoms with Crippen molar-refractivity contribution in [3.05, 3.63) is 30.1 Å². The maximum atomic E-state index is 13.2. The van der Waals surface area contributed by atoms with Crippen LogP contribution in [0.1, 0.15) is 25.7 Å². The first-order chi connectivity index (χ1) is 16.4. The lowest BCUT2D eigenvalue weighted by Gasteiger charge is -2.38. The topological polar surface area (TPSA) is 94.2 Å². The number of carbonyl (C=O) groups is 3. The van der Waals surface area contributed by atoms with Crippen LogP contribution in [0, 0.1) is 11.2 Å². The first kappa shape index (κ1) is 24.3. The van der Waals surface area contributed by atoms with Crippen LogP contribution in [0.25, 0.3) is 0 Å². The number of benzene rings is 1. The molecule has 1 aromatic carbocycles. The van der Waals surface area contributed by atoms with Crippen molar-refractivity contribution in [1.29, 1.82) is 0 Å². The smallest absolute Gasteiger partial charge is 0.407 e. The molecule has 2 N–H and O–H groups in total. The van der Waals surface area contributed by atoms with Gasteiger partial charge < -0.3 is 25.2 Å². The molecule has 3 heterocycles. The molecule has 1 atom stereocenters. The van der Waals surface area contributed by atoms with Crippen LogP contribution in [0.4, 0.5) is 14.9 Å². The minimum Gasteiger partial charge on any atom is -0.453 e. The zero-order valence-corrected chi connectivity index (χ0v) is 19.7. The number of hydrogen-bond donors (Lipinski definition) is 2. The van der Waals surface area contributed by atoms with E-state index in [1.807, 2.05) is 12.1 Å². The third-order valence-corrected chi connectivity index (χ3v) is 7.45. The van der Waals surface area contributed by atoms with Crippen LogP contribution in [-0.4, -0.2) is 93.2 Å². The normalized spacial score (nSPS) is 22.5. The number of alkyl carbamates (subject to hydrolysis) is 1. The summed E-state index contributed by atoms with van der Waals surface area (Å²) in [6.45, 7) is 5.58. The van der Waals surface area contributed by atoms with Gasteiger partial charge in [0.05, 0.1) is 12.5 Å². The van der Waals surface area contributed by atoms with Crippen LogP contribution < -0.4 is 15.5 Å². The molecule has 3 fully saturated rings. The van der Waals surface area contributed by atoms with Crippen LogP contribution in [0.15, 0.2) is 24.3 Å². The molecule has 0 aromatic heterocycles. The Hall–Kier alpha value is -2.88. The Morgan fingerprint density at radius 2 is 1.79 bits per heavy atom. The summed E-state index contributed by atoms with van der Waals surface area (Å²) >= 11 is 0. The fourth-order valence-electron chi connectivity index (χ4n) is 5.30. The number of rotatable bonds is 6. The second-order valence-electron chi connectivity index (χ2n) is 9.47. The average molecular weight is 476 g/mol. The number of hydrogen-bond acceptors (Lipinski definition) is 6. The molecular weight excluding hydrogens is 441 g/mol. The Labute approximate surface area is 199 Å². The highest BCUT2D eigenvalue weighted by Gasteiger charge is 2.48. The van der Waals surface area contributed by atoms with Gasteiger partial charge in [-0.2, -0.15) is 0 Å². The summed E-state index contributed by atoms with van der Waals surface area (Å²) in [4.78, 5) is 42.7. The van der Waals surface area contributed by atoms with Gasteiger partial charge in [0.1, 0.15) is 12.4 Å². The number of nitrogens with zero attached hydrogens (tertiary/aromatic N) is 3. The van der Waals surface area contributed by atoms with Gasteiger partial charge in [0.2, 0.25) is 11.8 Å². The second-order valence-corrected chi connectivity index (χ2v) is 9.47. The highest BCUT2D eigenvalue weighted by Crippen LogP contribution is 2.41. The highest BCUT2D eigenvalue weighted by molar-refractivity contribution is 5.86. The number of amides is 3. The largest absolute Gasteiger partial charge is 0.453 e. The Kier molecular flexibility index (Phi) is 7.55. The molecule has 3 aliphatic rings. The number of likely N-dealkylation sites (tertiary alicyclic amines) is 1. The number of anilines is 1. The van der Waals surface area contributed by atoms with E-state index in [4.69, 9.17) is 0 Å². The Bertz CT molecular complexity index is 880. The molecule has 10 heteroatoms. The molecule has 0 unspecified atom stereocenters. The third-order valence-electron chi connectivity index (χ3n) is 7.45.